The van der Waals surface area contributed by atoms with Gasteiger partial charge in [0.15, 0.2) is 16.9 Å². The third-order valence-electron chi connectivity index (χ3n) is 5.87. The molecule has 1 atom stereocenters. The number of carbonyl (C=O) groups is 1. The van der Waals surface area contributed by atoms with Crippen molar-refractivity contribution in [1.82, 2.24) is 0 Å². The molecule has 1 unspecified atom stereocenters. The SMILES string of the molecule is COc1ccc(C2CC(=O)N(c3ccccc3)c3sc4cc(F)ccc4c(=O)c32)cc1OC. The lowest BCUT2D eigenvalue weighted by molar-refractivity contribution is -0.118. The van der Waals surface area contributed by atoms with Gasteiger partial charge in [0.05, 0.1) is 14.2 Å². The summed E-state index contributed by atoms with van der Waals surface area (Å²) in [5, 5.41) is 0.952. The number of methoxy groups -OCH3 is 2. The van der Waals surface area contributed by atoms with Gasteiger partial charge in [-0.25, -0.2) is 4.39 Å². The van der Waals surface area contributed by atoms with E-state index in [-0.39, 0.29) is 17.8 Å². The number of halogens is 1. The van der Waals surface area contributed by atoms with Gasteiger partial charge < -0.3 is 9.47 Å². The van der Waals surface area contributed by atoms with E-state index in [1.807, 2.05) is 36.4 Å². The van der Waals surface area contributed by atoms with Gasteiger partial charge in [0.1, 0.15) is 10.8 Å². The van der Waals surface area contributed by atoms with Gasteiger partial charge in [-0.1, -0.05) is 24.3 Å². The average molecular weight is 462 g/mol. The van der Waals surface area contributed by atoms with Crippen molar-refractivity contribution in [2.75, 3.05) is 19.1 Å². The van der Waals surface area contributed by atoms with Crippen LogP contribution in [0.5, 0.6) is 11.5 Å². The van der Waals surface area contributed by atoms with Crippen LogP contribution in [0.4, 0.5) is 15.1 Å². The first-order valence-corrected chi connectivity index (χ1v) is 11.2. The van der Waals surface area contributed by atoms with Gasteiger partial charge in [0.25, 0.3) is 0 Å². The van der Waals surface area contributed by atoms with Crippen LogP contribution in [0.25, 0.3) is 10.1 Å². The molecule has 0 saturated carbocycles. The molecule has 0 radical (unpaired) electrons. The Kier molecular flexibility index (Phi) is 5.34. The molecule has 2 heterocycles. The number of fused-ring (bicyclic) bond motifs is 2. The van der Waals surface area contributed by atoms with Gasteiger partial charge >= 0.3 is 0 Å². The first kappa shape index (κ1) is 21.2. The second-order valence-corrected chi connectivity index (χ2v) is 8.76. The van der Waals surface area contributed by atoms with Gasteiger partial charge in [-0.15, -0.1) is 11.3 Å². The second kappa shape index (κ2) is 8.33. The summed E-state index contributed by atoms with van der Waals surface area (Å²) in [5.74, 6) is 0.0513. The maximum atomic E-state index is 14.0. The highest BCUT2D eigenvalue weighted by Gasteiger charge is 2.37. The molecule has 1 aliphatic rings. The summed E-state index contributed by atoms with van der Waals surface area (Å²) in [6, 6.07) is 18.8. The van der Waals surface area contributed by atoms with Crippen LogP contribution in [-0.4, -0.2) is 20.1 Å². The largest absolute Gasteiger partial charge is 0.493 e. The van der Waals surface area contributed by atoms with E-state index in [0.717, 1.165) is 5.56 Å². The molecule has 166 valence electrons. The Labute approximate surface area is 193 Å². The molecule has 0 spiro atoms. The Morgan fingerprint density at radius 3 is 2.42 bits per heavy atom. The van der Waals surface area contributed by atoms with Gasteiger partial charge in [0, 0.05) is 33.7 Å². The van der Waals surface area contributed by atoms with Crippen LogP contribution in [-0.2, 0) is 4.79 Å². The summed E-state index contributed by atoms with van der Waals surface area (Å²) in [6.45, 7) is 0. The van der Waals surface area contributed by atoms with Crippen molar-refractivity contribution in [3.05, 3.63) is 93.9 Å². The molecule has 0 fully saturated rings. The van der Waals surface area contributed by atoms with E-state index in [0.29, 0.717) is 37.8 Å². The molecule has 0 saturated heterocycles. The third-order valence-corrected chi connectivity index (χ3v) is 7.03. The highest BCUT2D eigenvalue weighted by atomic mass is 32.1. The predicted octanol–water partition coefficient (Wildman–Crippen LogP) is 5.62. The lowest BCUT2D eigenvalue weighted by atomic mass is 9.85. The molecule has 0 bridgehead atoms. The van der Waals surface area contributed by atoms with Crippen molar-refractivity contribution in [1.29, 1.82) is 0 Å². The molecular weight excluding hydrogens is 441 g/mol. The van der Waals surface area contributed by atoms with Gasteiger partial charge in [-0.2, -0.15) is 0 Å². The first-order valence-electron chi connectivity index (χ1n) is 10.4. The van der Waals surface area contributed by atoms with E-state index in [9.17, 15) is 14.0 Å². The maximum Gasteiger partial charge on any atom is 0.233 e. The standard InChI is InChI=1S/C26H20FNO4S/c1-31-20-11-8-15(12-21(20)32-2)19-14-23(29)28(17-6-4-3-5-7-17)26-24(19)25(30)18-10-9-16(27)13-22(18)33-26/h3-13,19H,14H2,1-2H3. The van der Waals surface area contributed by atoms with E-state index >= 15 is 0 Å². The Morgan fingerprint density at radius 2 is 1.70 bits per heavy atom. The molecule has 3 aromatic carbocycles. The van der Waals surface area contributed by atoms with Crippen LogP contribution >= 0.6 is 11.3 Å². The minimum Gasteiger partial charge on any atom is -0.493 e. The van der Waals surface area contributed by atoms with Crippen molar-refractivity contribution in [3.8, 4) is 11.5 Å². The van der Waals surface area contributed by atoms with E-state index < -0.39 is 11.7 Å². The zero-order valence-corrected chi connectivity index (χ0v) is 18.8. The fourth-order valence-electron chi connectivity index (χ4n) is 4.32. The maximum absolute atomic E-state index is 14.0. The van der Waals surface area contributed by atoms with Crippen LogP contribution < -0.4 is 19.8 Å². The number of ether oxygens (including phenoxy) is 2. The predicted molar refractivity (Wildman–Crippen MR) is 128 cm³/mol. The van der Waals surface area contributed by atoms with Crippen molar-refractivity contribution < 1.29 is 18.7 Å². The summed E-state index contributed by atoms with van der Waals surface area (Å²) >= 11 is 1.25. The fourth-order valence-corrected chi connectivity index (χ4v) is 5.61. The lowest BCUT2D eigenvalue weighted by Crippen LogP contribution is -2.35. The van der Waals surface area contributed by atoms with Gasteiger partial charge in [-0.3, -0.25) is 14.5 Å². The molecule has 0 aliphatic carbocycles. The van der Waals surface area contributed by atoms with Crippen molar-refractivity contribution >= 4 is 38.0 Å². The molecule has 0 N–H and O–H groups in total. The fraction of sp³-hybridized carbons (Fsp3) is 0.154. The molecule has 1 amide bonds. The van der Waals surface area contributed by atoms with Crippen molar-refractivity contribution in [2.24, 2.45) is 0 Å². The summed E-state index contributed by atoms with van der Waals surface area (Å²) in [6.07, 6.45) is 0.117. The summed E-state index contributed by atoms with van der Waals surface area (Å²) in [5.41, 5.74) is 1.77. The summed E-state index contributed by atoms with van der Waals surface area (Å²) < 4.78 is 25.3. The smallest absolute Gasteiger partial charge is 0.233 e. The number of benzene rings is 3. The minimum atomic E-state index is -0.467. The minimum absolute atomic E-state index is 0.117. The van der Waals surface area contributed by atoms with Gasteiger partial charge in [-0.05, 0) is 48.0 Å². The number of rotatable bonds is 4. The van der Waals surface area contributed by atoms with Crippen LogP contribution in [0.1, 0.15) is 23.5 Å². The molecule has 5 rings (SSSR count). The zero-order chi connectivity index (χ0) is 23.1. The number of hydrogen-bond donors (Lipinski definition) is 0. The van der Waals surface area contributed by atoms with Crippen LogP contribution in [0.3, 0.4) is 0 Å². The molecular formula is C26H20FNO4S. The number of amides is 1. The van der Waals surface area contributed by atoms with Gasteiger partial charge in [0.2, 0.25) is 5.91 Å². The molecule has 4 aromatic rings. The third kappa shape index (κ3) is 3.54. The second-order valence-electron chi connectivity index (χ2n) is 7.73. The molecule has 1 aromatic heterocycles. The van der Waals surface area contributed by atoms with E-state index in [1.165, 1.54) is 29.5 Å². The van der Waals surface area contributed by atoms with E-state index in [2.05, 4.69) is 0 Å². The lowest BCUT2D eigenvalue weighted by Gasteiger charge is -2.33. The van der Waals surface area contributed by atoms with E-state index in [1.54, 1.807) is 31.3 Å². The highest BCUT2D eigenvalue weighted by Crippen LogP contribution is 2.46. The average Bonchev–Trinajstić information content (AvgIpc) is 2.83. The zero-order valence-electron chi connectivity index (χ0n) is 18.0. The Morgan fingerprint density at radius 1 is 0.939 bits per heavy atom. The highest BCUT2D eigenvalue weighted by molar-refractivity contribution is 7.22. The van der Waals surface area contributed by atoms with Crippen molar-refractivity contribution in [2.45, 2.75) is 12.3 Å². The van der Waals surface area contributed by atoms with Crippen molar-refractivity contribution in [3.63, 3.8) is 0 Å². The summed E-state index contributed by atoms with van der Waals surface area (Å²) in [7, 11) is 3.10. The van der Waals surface area contributed by atoms with E-state index in [4.69, 9.17) is 9.47 Å². The number of anilines is 2. The number of para-hydroxylation sites is 1. The summed E-state index contributed by atoms with van der Waals surface area (Å²) in [4.78, 5) is 28.7. The molecule has 1 aliphatic heterocycles. The number of nitrogens with zero attached hydrogens (tertiary/aromatic N) is 1. The van der Waals surface area contributed by atoms with Crippen LogP contribution in [0.15, 0.2) is 71.5 Å². The Balaban J connectivity index is 1.79. The normalized spacial score (nSPS) is 15.4. The molecule has 5 nitrogen and oxygen atoms in total. The topological polar surface area (TPSA) is 55.8 Å². The Bertz CT molecular complexity index is 1430. The van der Waals surface area contributed by atoms with Crippen LogP contribution in [0, 0.1) is 5.82 Å². The quantitative estimate of drug-likeness (QED) is 0.396. The monoisotopic (exact) mass is 461 g/mol. The Hall–Kier alpha value is -3.71. The number of carbonyl (C=O) groups excluding carboxylic acids is 1. The number of hydrogen-bond acceptors (Lipinski definition) is 5. The first-order chi connectivity index (χ1) is 16.0. The molecule has 33 heavy (non-hydrogen) atoms. The van der Waals surface area contributed by atoms with Crippen LogP contribution in [0.2, 0.25) is 0 Å². The molecule has 7 heteroatoms.